The molecule has 1 aromatic heterocycles. The minimum Gasteiger partial charge on any atom is -0.478 e. The van der Waals surface area contributed by atoms with Crippen molar-refractivity contribution in [2.24, 2.45) is 0 Å². The van der Waals surface area contributed by atoms with Gasteiger partial charge < -0.3 is 10.4 Å². The Morgan fingerprint density at radius 1 is 1.33 bits per heavy atom. The fourth-order valence-electron chi connectivity index (χ4n) is 1.55. The monoisotopic (exact) mass is 306 g/mol. The first-order chi connectivity index (χ1) is 8.58. The number of nitrogens with one attached hydrogen (secondary N) is 1. The summed E-state index contributed by atoms with van der Waals surface area (Å²) in [6, 6.07) is 7.25. The van der Waals surface area contributed by atoms with Crippen LogP contribution in [0.15, 0.2) is 41.1 Å². The molecule has 2 rings (SSSR count). The predicted molar refractivity (Wildman–Crippen MR) is 73.4 cm³/mol. The number of nitrogens with zero attached hydrogens (tertiary/aromatic N) is 1. The smallest absolute Gasteiger partial charge is 0.337 e. The van der Waals surface area contributed by atoms with Crippen LogP contribution in [0.1, 0.15) is 15.9 Å². The number of aryl methyl sites for hydroxylation is 1. The van der Waals surface area contributed by atoms with Crippen LogP contribution in [0.3, 0.4) is 0 Å². The Hall–Kier alpha value is -1.88. The highest BCUT2D eigenvalue weighted by atomic mass is 79.9. The molecular weight excluding hydrogens is 296 g/mol. The van der Waals surface area contributed by atoms with E-state index in [0.29, 0.717) is 5.69 Å². The van der Waals surface area contributed by atoms with Crippen LogP contribution < -0.4 is 5.32 Å². The number of rotatable bonds is 3. The van der Waals surface area contributed by atoms with E-state index in [2.05, 4.69) is 26.2 Å². The van der Waals surface area contributed by atoms with Crippen LogP contribution >= 0.6 is 15.9 Å². The second-order valence-electron chi connectivity index (χ2n) is 3.81. The Kier molecular flexibility index (Phi) is 3.62. The molecular formula is C13H11BrN2O2. The molecule has 0 bridgehead atoms. The number of hydrogen-bond acceptors (Lipinski definition) is 3. The molecule has 2 aromatic rings. The second-order valence-corrected chi connectivity index (χ2v) is 4.73. The summed E-state index contributed by atoms with van der Waals surface area (Å²) in [6.45, 7) is 1.95. The summed E-state index contributed by atoms with van der Waals surface area (Å²) >= 11 is 3.39. The van der Waals surface area contributed by atoms with Gasteiger partial charge >= 0.3 is 5.97 Å². The van der Waals surface area contributed by atoms with Gasteiger partial charge in [0.05, 0.1) is 17.4 Å². The number of hydrogen-bond donors (Lipinski definition) is 2. The van der Waals surface area contributed by atoms with Crippen molar-refractivity contribution >= 4 is 33.3 Å². The Labute approximate surface area is 113 Å². The summed E-state index contributed by atoms with van der Waals surface area (Å²) in [5, 5.41) is 12.2. The predicted octanol–water partition coefficient (Wildman–Crippen LogP) is 3.59. The van der Waals surface area contributed by atoms with Crippen LogP contribution in [-0.2, 0) is 0 Å². The summed E-state index contributed by atoms with van der Waals surface area (Å²) in [4.78, 5) is 15.0. The number of carboxylic acid groups (broad SMARTS) is 1. The van der Waals surface area contributed by atoms with Crippen molar-refractivity contribution in [3.8, 4) is 0 Å². The first kappa shape index (κ1) is 12.6. The zero-order valence-corrected chi connectivity index (χ0v) is 11.2. The molecule has 5 heteroatoms. The third-order valence-electron chi connectivity index (χ3n) is 2.52. The topological polar surface area (TPSA) is 62.2 Å². The molecule has 0 unspecified atom stereocenters. The molecule has 0 aliphatic heterocycles. The van der Waals surface area contributed by atoms with Gasteiger partial charge in [-0.3, -0.25) is 4.98 Å². The van der Waals surface area contributed by atoms with E-state index in [-0.39, 0.29) is 5.56 Å². The van der Waals surface area contributed by atoms with Crippen LogP contribution in [0.4, 0.5) is 11.4 Å². The van der Waals surface area contributed by atoms with Gasteiger partial charge in [-0.25, -0.2) is 4.79 Å². The van der Waals surface area contributed by atoms with E-state index in [1.165, 1.54) is 18.5 Å². The van der Waals surface area contributed by atoms with Crippen molar-refractivity contribution in [3.05, 3.63) is 52.3 Å². The number of carboxylic acids is 1. The van der Waals surface area contributed by atoms with Gasteiger partial charge in [-0.15, -0.1) is 0 Å². The fraction of sp³-hybridized carbons (Fsp3) is 0.0769. The van der Waals surface area contributed by atoms with Gasteiger partial charge in [0.2, 0.25) is 0 Å². The molecule has 92 valence electrons. The first-order valence-corrected chi connectivity index (χ1v) is 6.07. The molecule has 0 spiro atoms. The van der Waals surface area contributed by atoms with E-state index >= 15 is 0 Å². The van der Waals surface area contributed by atoms with Crippen molar-refractivity contribution in [1.82, 2.24) is 4.98 Å². The molecule has 0 fully saturated rings. The van der Waals surface area contributed by atoms with Gasteiger partial charge in [0.25, 0.3) is 0 Å². The minimum absolute atomic E-state index is 0.198. The number of benzene rings is 1. The van der Waals surface area contributed by atoms with E-state index in [1.807, 2.05) is 25.1 Å². The lowest BCUT2D eigenvalue weighted by molar-refractivity contribution is 0.0698. The minimum atomic E-state index is -0.979. The molecule has 4 nitrogen and oxygen atoms in total. The lowest BCUT2D eigenvalue weighted by atomic mass is 10.1. The summed E-state index contributed by atoms with van der Waals surface area (Å²) in [5.41, 5.74) is 2.55. The van der Waals surface area contributed by atoms with E-state index in [4.69, 9.17) is 5.11 Å². The van der Waals surface area contributed by atoms with E-state index in [0.717, 1.165) is 15.7 Å². The molecule has 18 heavy (non-hydrogen) atoms. The lowest BCUT2D eigenvalue weighted by Gasteiger charge is -2.11. The molecule has 0 aliphatic carbocycles. The van der Waals surface area contributed by atoms with Gasteiger partial charge in [-0.05, 0) is 30.7 Å². The van der Waals surface area contributed by atoms with Gasteiger partial charge in [0.15, 0.2) is 0 Å². The summed E-state index contributed by atoms with van der Waals surface area (Å²) in [5.74, 6) is -0.979. The highest BCUT2D eigenvalue weighted by molar-refractivity contribution is 9.10. The maximum Gasteiger partial charge on any atom is 0.337 e. The van der Waals surface area contributed by atoms with Crippen molar-refractivity contribution < 1.29 is 9.90 Å². The Balaban J connectivity index is 2.40. The molecule has 2 N–H and O–H groups in total. The van der Waals surface area contributed by atoms with Gasteiger partial charge in [0, 0.05) is 16.4 Å². The summed E-state index contributed by atoms with van der Waals surface area (Å²) in [6.07, 6.45) is 2.96. The highest BCUT2D eigenvalue weighted by Gasteiger charge is 2.10. The summed E-state index contributed by atoms with van der Waals surface area (Å²) in [7, 11) is 0. The van der Waals surface area contributed by atoms with E-state index < -0.39 is 5.97 Å². The van der Waals surface area contributed by atoms with Crippen molar-refractivity contribution in [2.45, 2.75) is 6.92 Å². The number of pyridine rings is 1. The van der Waals surface area contributed by atoms with Gasteiger partial charge in [-0.2, -0.15) is 0 Å². The molecule has 0 saturated heterocycles. The van der Waals surface area contributed by atoms with Crippen molar-refractivity contribution in [3.63, 3.8) is 0 Å². The Morgan fingerprint density at radius 3 is 2.83 bits per heavy atom. The Morgan fingerprint density at radius 2 is 2.11 bits per heavy atom. The van der Waals surface area contributed by atoms with Crippen LogP contribution in [0.2, 0.25) is 0 Å². The number of carbonyl (C=O) groups is 1. The number of anilines is 2. The molecule has 1 heterocycles. The van der Waals surface area contributed by atoms with Gasteiger partial charge in [0.1, 0.15) is 0 Å². The lowest BCUT2D eigenvalue weighted by Crippen LogP contribution is -2.03. The number of aromatic nitrogens is 1. The van der Waals surface area contributed by atoms with E-state index in [1.54, 1.807) is 0 Å². The van der Waals surface area contributed by atoms with Crippen LogP contribution in [0, 0.1) is 6.92 Å². The first-order valence-electron chi connectivity index (χ1n) is 5.28. The number of aromatic carboxylic acids is 1. The zero-order valence-electron chi connectivity index (χ0n) is 9.64. The number of halogens is 1. The normalized spacial score (nSPS) is 10.1. The SMILES string of the molecule is Cc1ccc(Br)cc1Nc1cnccc1C(=O)O. The van der Waals surface area contributed by atoms with Crippen LogP contribution in [-0.4, -0.2) is 16.1 Å². The third-order valence-corrected chi connectivity index (χ3v) is 3.01. The quantitative estimate of drug-likeness (QED) is 0.909. The fourth-order valence-corrected chi connectivity index (χ4v) is 1.92. The summed E-state index contributed by atoms with van der Waals surface area (Å²) < 4.78 is 0.927. The third kappa shape index (κ3) is 2.68. The zero-order chi connectivity index (χ0) is 13.1. The molecule has 0 aliphatic rings. The maximum absolute atomic E-state index is 11.1. The largest absolute Gasteiger partial charge is 0.478 e. The molecule has 0 radical (unpaired) electrons. The van der Waals surface area contributed by atoms with Crippen molar-refractivity contribution in [2.75, 3.05) is 5.32 Å². The van der Waals surface area contributed by atoms with Crippen LogP contribution in [0.5, 0.6) is 0 Å². The van der Waals surface area contributed by atoms with Crippen molar-refractivity contribution in [1.29, 1.82) is 0 Å². The van der Waals surface area contributed by atoms with Gasteiger partial charge in [-0.1, -0.05) is 22.0 Å². The molecule has 0 saturated carbocycles. The second kappa shape index (κ2) is 5.18. The van der Waals surface area contributed by atoms with Crippen LogP contribution in [0.25, 0.3) is 0 Å². The highest BCUT2D eigenvalue weighted by Crippen LogP contribution is 2.25. The average Bonchev–Trinajstić information content (AvgIpc) is 2.34. The Bertz CT molecular complexity index is 599. The maximum atomic E-state index is 11.1. The molecule has 1 aromatic carbocycles. The molecule has 0 amide bonds. The average molecular weight is 307 g/mol. The standard InChI is InChI=1S/C13H11BrN2O2/c1-8-2-3-9(14)6-11(8)16-12-7-15-5-4-10(12)13(17)18/h2-7,16H,1H3,(H,17,18). The molecule has 0 atom stereocenters. The van der Waals surface area contributed by atoms with E-state index in [9.17, 15) is 4.79 Å².